The largest absolute Gasteiger partial charge is 0.493 e. The van der Waals surface area contributed by atoms with E-state index in [2.05, 4.69) is 5.32 Å². The maximum absolute atomic E-state index is 12.3. The molecule has 1 rings (SSSR count). The number of rotatable bonds is 13. The molecular weight excluding hydrogens is 368 g/mol. The number of benzene rings is 1. The maximum Gasteiger partial charge on any atom is 0.320 e. The van der Waals surface area contributed by atoms with Crippen LogP contribution < -0.4 is 19.5 Å². The molecule has 1 aromatic carbocycles. The third-order valence-electron chi connectivity index (χ3n) is 3.85. The van der Waals surface area contributed by atoms with E-state index in [0.29, 0.717) is 37.0 Å². The van der Waals surface area contributed by atoms with E-state index in [9.17, 15) is 9.59 Å². The number of nitrogens with one attached hydrogen (secondary N) is 1. The highest BCUT2D eigenvalue weighted by atomic mass is 16.5. The van der Waals surface area contributed by atoms with E-state index < -0.39 is 0 Å². The van der Waals surface area contributed by atoms with Crippen LogP contribution in [-0.2, 0) is 25.6 Å². The molecule has 9 nitrogen and oxygen atoms in total. The first-order valence-electron chi connectivity index (χ1n) is 8.91. The van der Waals surface area contributed by atoms with Gasteiger partial charge in [0.2, 0.25) is 11.7 Å². The Balaban J connectivity index is 2.71. The van der Waals surface area contributed by atoms with Gasteiger partial charge in [-0.1, -0.05) is 0 Å². The van der Waals surface area contributed by atoms with E-state index in [1.807, 2.05) is 0 Å². The molecule has 9 heteroatoms. The van der Waals surface area contributed by atoms with Crippen LogP contribution in [0.4, 0.5) is 0 Å². The minimum atomic E-state index is -0.379. The normalized spacial score (nSPS) is 10.5. The van der Waals surface area contributed by atoms with Crippen molar-refractivity contribution in [3.63, 3.8) is 0 Å². The van der Waals surface area contributed by atoms with Gasteiger partial charge in [0.05, 0.1) is 47.6 Å². The lowest BCUT2D eigenvalue weighted by Gasteiger charge is -2.20. The number of hydrogen-bond acceptors (Lipinski definition) is 8. The fourth-order valence-electron chi connectivity index (χ4n) is 2.52. The molecule has 1 N–H and O–H groups in total. The molecule has 0 heterocycles. The van der Waals surface area contributed by atoms with Crippen LogP contribution in [0.5, 0.6) is 17.2 Å². The van der Waals surface area contributed by atoms with Crippen molar-refractivity contribution in [2.45, 2.75) is 13.5 Å². The monoisotopic (exact) mass is 398 g/mol. The first-order chi connectivity index (χ1) is 13.5. The van der Waals surface area contributed by atoms with Crippen LogP contribution in [0.25, 0.3) is 0 Å². The first kappa shape index (κ1) is 23.5. The minimum absolute atomic E-state index is 0.0226. The molecule has 28 heavy (non-hydrogen) atoms. The first-order valence-corrected chi connectivity index (χ1v) is 8.91. The summed E-state index contributed by atoms with van der Waals surface area (Å²) in [4.78, 5) is 25.7. The molecule has 0 fully saturated rings. The fourth-order valence-corrected chi connectivity index (χ4v) is 2.52. The highest BCUT2D eigenvalue weighted by Crippen LogP contribution is 2.38. The Morgan fingerprint density at radius 2 is 1.64 bits per heavy atom. The van der Waals surface area contributed by atoms with Crippen molar-refractivity contribution in [1.29, 1.82) is 0 Å². The van der Waals surface area contributed by atoms with E-state index in [-0.39, 0.29) is 31.5 Å². The molecule has 0 saturated heterocycles. The SMILES string of the molecule is CCOC(=O)CN(CCOC)CC(=O)NCc1cc(OC)c(OC)c(OC)c1. The number of esters is 1. The molecule has 0 bridgehead atoms. The molecule has 0 aliphatic carbocycles. The Labute approximate surface area is 165 Å². The summed E-state index contributed by atoms with van der Waals surface area (Å²) in [6, 6.07) is 3.53. The highest BCUT2D eigenvalue weighted by molar-refractivity contribution is 5.79. The Morgan fingerprint density at radius 1 is 1.00 bits per heavy atom. The van der Waals surface area contributed by atoms with Gasteiger partial charge in [0.15, 0.2) is 11.5 Å². The second-order valence-corrected chi connectivity index (χ2v) is 5.82. The van der Waals surface area contributed by atoms with Crippen LogP contribution in [0, 0.1) is 0 Å². The van der Waals surface area contributed by atoms with E-state index in [4.69, 9.17) is 23.7 Å². The number of nitrogens with zero attached hydrogens (tertiary/aromatic N) is 1. The molecule has 1 amide bonds. The summed E-state index contributed by atoms with van der Waals surface area (Å²) in [5, 5.41) is 2.83. The lowest BCUT2D eigenvalue weighted by Crippen LogP contribution is -2.41. The summed E-state index contributed by atoms with van der Waals surface area (Å²) in [7, 11) is 6.15. The average molecular weight is 398 g/mol. The lowest BCUT2D eigenvalue weighted by molar-refractivity contribution is -0.144. The number of amides is 1. The summed E-state index contributed by atoms with van der Waals surface area (Å²) in [6.45, 7) is 3.22. The quantitative estimate of drug-likeness (QED) is 0.489. The van der Waals surface area contributed by atoms with Crippen molar-refractivity contribution in [3.05, 3.63) is 17.7 Å². The van der Waals surface area contributed by atoms with E-state index >= 15 is 0 Å². The summed E-state index contributed by atoms with van der Waals surface area (Å²) < 4.78 is 25.9. The summed E-state index contributed by atoms with van der Waals surface area (Å²) in [5.74, 6) is 0.899. The fraction of sp³-hybridized carbons (Fsp3) is 0.579. The molecule has 0 aliphatic heterocycles. The van der Waals surface area contributed by atoms with Gasteiger partial charge in [-0.25, -0.2) is 0 Å². The molecule has 0 radical (unpaired) electrons. The summed E-state index contributed by atoms with van der Waals surface area (Å²) in [5.41, 5.74) is 0.789. The summed E-state index contributed by atoms with van der Waals surface area (Å²) in [6.07, 6.45) is 0. The number of carbonyl (C=O) groups excluding carboxylic acids is 2. The molecule has 0 spiro atoms. The van der Waals surface area contributed by atoms with Gasteiger partial charge in [0, 0.05) is 20.2 Å². The number of methoxy groups -OCH3 is 4. The Bertz CT molecular complexity index is 612. The molecule has 0 aliphatic rings. The van der Waals surface area contributed by atoms with E-state index in [0.717, 1.165) is 5.56 Å². The standard InChI is InChI=1S/C19H30N2O7/c1-6-28-18(23)13-21(7-8-24-2)12-17(22)20-11-14-9-15(25-3)19(27-5)16(10-14)26-4/h9-10H,6-8,11-13H2,1-5H3,(H,20,22). The van der Waals surface area contributed by atoms with Gasteiger partial charge in [-0.15, -0.1) is 0 Å². The van der Waals surface area contributed by atoms with Crippen LogP contribution in [0.3, 0.4) is 0 Å². The van der Waals surface area contributed by atoms with Crippen molar-refractivity contribution < 1.29 is 33.3 Å². The number of ether oxygens (including phenoxy) is 5. The predicted molar refractivity (Wildman–Crippen MR) is 103 cm³/mol. The van der Waals surface area contributed by atoms with Crippen LogP contribution in [0.15, 0.2) is 12.1 Å². The predicted octanol–water partition coefficient (Wildman–Crippen LogP) is 0.840. The van der Waals surface area contributed by atoms with Gasteiger partial charge in [0.1, 0.15) is 0 Å². The molecule has 0 unspecified atom stereocenters. The Kier molecular flexibility index (Phi) is 10.7. The number of carbonyl (C=O) groups is 2. The second-order valence-electron chi connectivity index (χ2n) is 5.82. The van der Waals surface area contributed by atoms with Crippen LogP contribution in [-0.4, -0.2) is 78.1 Å². The van der Waals surface area contributed by atoms with Crippen molar-refractivity contribution in [2.24, 2.45) is 0 Å². The maximum atomic E-state index is 12.3. The van der Waals surface area contributed by atoms with Crippen LogP contribution >= 0.6 is 0 Å². The molecule has 1 aromatic rings. The Hall–Kier alpha value is -2.52. The van der Waals surface area contributed by atoms with E-state index in [1.165, 1.54) is 21.3 Å². The Morgan fingerprint density at radius 3 is 2.14 bits per heavy atom. The smallest absolute Gasteiger partial charge is 0.320 e. The molecular formula is C19H30N2O7. The highest BCUT2D eigenvalue weighted by Gasteiger charge is 2.16. The van der Waals surface area contributed by atoms with Crippen LogP contribution in [0.1, 0.15) is 12.5 Å². The third kappa shape index (κ3) is 7.61. The van der Waals surface area contributed by atoms with E-state index in [1.54, 1.807) is 31.1 Å². The zero-order chi connectivity index (χ0) is 20.9. The van der Waals surface area contributed by atoms with Gasteiger partial charge in [0.25, 0.3) is 0 Å². The van der Waals surface area contributed by atoms with Gasteiger partial charge < -0.3 is 29.0 Å². The van der Waals surface area contributed by atoms with Gasteiger partial charge in [-0.3, -0.25) is 14.5 Å². The van der Waals surface area contributed by atoms with Crippen molar-refractivity contribution in [2.75, 3.05) is 61.3 Å². The molecule has 158 valence electrons. The summed E-state index contributed by atoms with van der Waals surface area (Å²) >= 11 is 0. The molecule has 0 atom stereocenters. The van der Waals surface area contributed by atoms with Crippen molar-refractivity contribution in [3.8, 4) is 17.2 Å². The zero-order valence-electron chi connectivity index (χ0n) is 17.2. The number of hydrogen-bond donors (Lipinski definition) is 1. The van der Waals surface area contributed by atoms with Crippen molar-refractivity contribution in [1.82, 2.24) is 10.2 Å². The van der Waals surface area contributed by atoms with Crippen LogP contribution in [0.2, 0.25) is 0 Å². The van der Waals surface area contributed by atoms with Gasteiger partial charge in [-0.2, -0.15) is 0 Å². The average Bonchev–Trinajstić information content (AvgIpc) is 2.69. The molecule has 0 aromatic heterocycles. The minimum Gasteiger partial charge on any atom is -0.493 e. The van der Waals surface area contributed by atoms with Gasteiger partial charge >= 0.3 is 5.97 Å². The second kappa shape index (κ2) is 12.8. The van der Waals surface area contributed by atoms with Gasteiger partial charge in [-0.05, 0) is 24.6 Å². The lowest BCUT2D eigenvalue weighted by atomic mass is 10.1. The third-order valence-corrected chi connectivity index (χ3v) is 3.85. The zero-order valence-corrected chi connectivity index (χ0v) is 17.2. The topological polar surface area (TPSA) is 95.6 Å². The molecule has 0 saturated carbocycles. The van der Waals surface area contributed by atoms with Crippen molar-refractivity contribution >= 4 is 11.9 Å².